The van der Waals surface area contributed by atoms with Crippen LogP contribution in [0.3, 0.4) is 0 Å². The molecule has 4 heteroatoms. The Morgan fingerprint density at radius 2 is 2.16 bits per heavy atom. The van der Waals surface area contributed by atoms with Crippen molar-refractivity contribution in [3.05, 3.63) is 34.9 Å². The molecule has 0 bridgehead atoms. The fourth-order valence-electron chi connectivity index (χ4n) is 2.04. The minimum Gasteiger partial charge on any atom is -0.478 e. The van der Waals surface area contributed by atoms with E-state index in [2.05, 4.69) is 25.7 Å². The van der Waals surface area contributed by atoms with Crippen LogP contribution in [0.2, 0.25) is 5.02 Å². The van der Waals surface area contributed by atoms with Crippen molar-refractivity contribution in [3.63, 3.8) is 0 Å². The highest BCUT2D eigenvalue weighted by atomic mass is 35.5. The number of para-hydroxylation sites is 1. The molecule has 19 heavy (non-hydrogen) atoms. The van der Waals surface area contributed by atoms with Crippen molar-refractivity contribution >= 4 is 29.3 Å². The van der Waals surface area contributed by atoms with E-state index in [0.29, 0.717) is 11.1 Å². The second-order valence-electron chi connectivity index (χ2n) is 4.39. The van der Waals surface area contributed by atoms with Crippen LogP contribution < -0.4 is 4.90 Å². The molecule has 3 nitrogen and oxygen atoms in total. The molecule has 0 spiro atoms. The van der Waals surface area contributed by atoms with E-state index >= 15 is 0 Å². The lowest BCUT2D eigenvalue weighted by Crippen LogP contribution is -2.33. The molecule has 1 rings (SSSR count). The molecule has 0 aliphatic heterocycles. The second kappa shape index (κ2) is 7.19. The maximum atomic E-state index is 10.7. The van der Waals surface area contributed by atoms with Gasteiger partial charge in [-0.05, 0) is 38.0 Å². The molecule has 1 unspecified atom stereocenters. The van der Waals surface area contributed by atoms with Gasteiger partial charge in [-0.1, -0.05) is 30.7 Å². The maximum Gasteiger partial charge on any atom is 0.328 e. The number of rotatable bonds is 6. The molecule has 1 atom stereocenters. The Hall–Kier alpha value is -1.48. The first kappa shape index (κ1) is 15.6. The zero-order valence-corrected chi connectivity index (χ0v) is 12.3. The summed E-state index contributed by atoms with van der Waals surface area (Å²) in [5, 5.41) is 9.40. The van der Waals surface area contributed by atoms with Gasteiger partial charge in [0.15, 0.2) is 0 Å². The Balaban J connectivity index is 3.26. The molecule has 0 aliphatic rings. The normalized spacial score (nSPS) is 12.6. The summed E-state index contributed by atoms with van der Waals surface area (Å²) in [6.07, 6.45) is 3.73. The van der Waals surface area contributed by atoms with Gasteiger partial charge in [0.05, 0.1) is 10.7 Å². The predicted octanol–water partition coefficient (Wildman–Crippen LogP) is 4.06. The maximum absolute atomic E-state index is 10.7. The summed E-state index contributed by atoms with van der Waals surface area (Å²) in [4.78, 5) is 12.9. The average molecular weight is 282 g/mol. The lowest BCUT2D eigenvalue weighted by molar-refractivity contribution is -0.131. The van der Waals surface area contributed by atoms with Gasteiger partial charge in [0.1, 0.15) is 0 Å². The van der Waals surface area contributed by atoms with Crippen molar-refractivity contribution in [3.8, 4) is 0 Å². The molecule has 0 saturated heterocycles. The highest BCUT2D eigenvalue weighted by Gasteiger charge is 2.16. The lowest BCUT2D eigenvalue weighted by Gasteiger charge is -2.31. The molecular weight excluding hydrogens is 262 g/mol. The number of carbonyl (C=O) groups is 1. The van der Waals surface area contributed by atoms with Gasteiger partial charge in [-0.2, -0.15) is 0 Å². The Morgan fingerprint density at radius 3 is 2.68 bits per heavy atom. The summed E-state index contributed by atoms with van der Waals surface area (Å²) in [5.74, 6) is -0.961. The summed E-state index contributed by atoms with van der Waals surface area (Å²) in [6.45, 7) is 7.15. The van der Waals surface area contributed by atoms with Gasteiger partial charge in [-0.3, -0.25) is 0 Å². The van der Waals surface area contributed by atoms with Crippen LogP contribution >= 0.6 is 11.6 Å². The number of nitrogens with zero attached hydrogens (tertiary/aromatic N) is 1. The van der Waals surface area contributed by atoms with Gasteiger partial charge in [0.2, 0.25) is 0 Å². The van der Waals surface area contributed by atoms with Crippen LogP contribution in [0, 0.1) is 0 Å². The molecule has 104 valence electrons. The Morgan fingerprint density at radius 1 is 1.47 bits per heavy atom. The molecule has 0 aliphatic carbocycles. The van der Waals surface area contributed by atoms with E-state index in [0.717, 1.165) is 30.3 Å². The van der Waals surface area contributed by atoms with Crippen molar-refractivity contribution in [1.29, 1.82) is 0 Å². The molecule has 0 fully saturated rings. The number of carboxylic acids is 1. The molecule has 0 aromatic heterocycles. The third kappa shape index (κ3) is 4.00. The zero-order chi connectivity index (χ0) is 14.4. The molecule has 0 radical (unpaired) electrons. The highest BCUT2D eigenvalue weighted by Crippen LogP contribution is 2.32. The largest absolute Gasteiger partial charge is 0.478 e. The van der Waals surface area contributed by atoms with Gasteiger partial charge < -0.3 is 10.0 Å². The predicted molar refractivity (Wildman–Crippen MR) is 80.9 cm³/mol. The van der Waals surface area contributed by atoms with E-state index < -0.39 is 5.97 Å². The van der Waals surface area contributed by atoms with Crippen LogP contribution in [0.25, 0.3) is 6.08 Å². The van der Waals surface area contributed by atoms with E-state index in [1.165, 1.54) is 0 Å². The van der Waals surface area contributed by atoms with Crippen molar-refractivity contribution in [2.24, 2.45) is 0 Å². The first-order valence-corrected chi connectivity index (χ1v) is 6.85. The molecule has 0 amide bonds. The van der Waals surface area contributed by atoms with E-state index in [1.54, 1.807) is 6.08 Å². The smallest absolute Gasteiger partial charge is 0.328 e. The number of benzene rings is 1. The molecular formula is C15H20ClNO2. The van der Waals surface area contributed by atoms with Gasteiger partial charge in [-0.15, -0.1) is 0 Å². The first-order valence-electron chi connectivity index (χ1n) is 6.47. The summed E-state index contributed by atoms with van der Waals surface area (Å²) < 4.78 is 0. The number of anilines is 1. The summed E-state index contributed by atoms with van der Waals surface area (Å²) in [6, 6.07) is 5.89. The Bertz CT molecular complexity index is 471. The van der Waals surface area contributed by atoms with Gasteiger partial charge >= 0.3 is 5.97 Å². The van der Waals surface area contributed by atoms with Crippen LogP contribution in [0.15, 0.2) is 24.3 Å². The van der Waals surface area contributed by atoms with Crippen LogP contribution in [-0.2, 0) is 4.79 Å². The van der Waals surface area contributed by atoms with Crippen LogP contribution in [0.5, 0.6) is 0 Å². The van der Waals surface area contributed by atoms with E-state index in [-0.39, 0.29) is 0 Å². The van der Waals surface area contributed by atoms with Gasteiger partial charge in [-0.25, -0.2) is 4.79 Å². The van der Waals surface area contributed by atoms with E-state index in [9.17, 15) is 4.79 Å². The number of aliphatic carboxylic acids is 1. The Labute approximate surface area is 119 Å². The fourth-order valence-corrected chi connectivity index (χ4v) is 2.33. The molecule has 1 N–H and O–H groups in total. The van der Waals surface area contributed by atoms with Crippen molar-refractivity contribution in [2.75, 3.05) is 11.4 Å². The highest BCUT2D eigenvalue weighted by molar-refractivity contribution is 6.33. The molecule has 1 aromatic rings. The summed E-state index contributed by atoms with van der Waals surface area (Å²) in [5.41, 5.74) is 1.73. The molecule has 1 aromatic carbocycles. The summed E-state index contributed by atoms with van der Waals surface area (Å²) in [7, 11) is 0. The van der Waals surface area contributed by atoms with E-state index in [1.807, 2.05) is 18.2 Å². The fraction of sp³-hybridized carbons (Fsp3) is 0.400. The topological polar surface area (TPSA) is 40.5 Å². The molecule has 0 saturated carbocycles. The number of halogens is 1. The van der Waals surface area contributed by atoms with Crippen molar-refractivity contribution < 1.29 is 9.90 Å². The Kier molecular flexibility index (Phi) is 5.90. The minimum absolute atomic E-state index is 0.349. The number of hydrogen-bond donors (Lipinski definition) is 1. The third-order valence-electron chi connectivity index (χ3n) is 3.17. The SMILES string of the molecule is CCC(C)N(CC)c1c(Cl)cccc1/C=C/C(=O)O. The minimum atomic E-state index is -0.961. The second-order valence-corrected chi connectivity index (χ2v) is 4.80. The summed E-state index contributed by atoms with van der Waals surface area (Å²) >= 11 is 6.30. The van der Waals surface area contributed by atoms with E-state index in [4.69, 9.17) is 16.7 Å². The quantitative estimate of drug-likeness (QED) is 0.799. The monoisotopic (exact) mass is 281 g/mol. The van der Waals surface area contributed by atoms with Crippen molar-refractivity contribution in [2.45, 2.75) is 33.2 Å². The van der Waals surface area contributed by atoms with Gasteiger partial charge in [0.25, 0.3) is 0 Å². The standard InChI is InChI=1S/C15H20ClNO2/c1-4-11(3)17(5-2)15-12(9-10-14(18)19)7-6-8-13(15)16/h6-11H,4-5H2,1-3H3,(H,18,19)/b10-9+. The first-order chi connectivity index (χ1) is 9.01. The van der Waals surface area contributed by atoms with Crippen molar-refractivity contribution in [1.82, 2.24) is 0 Å². The van der Waals surface area contributed by atoms with Crippen LogP contribution in [0.1, 0.15) is 32.8 Å². The number of carboxylic acid groups (broad SMARTS) is 1. The van der Waals surface area contributed by atoms with Crippen LogP contribution in [-0.4, -0.2) is 23.7 Å². The number of hydrogen-bond acceptors (Lipinski definition) is 2. The zero-order valence-electron chi connectivity index (χ0n) is 11.6. The van der Waals surface area contributed by atoms with Gasteiger partial charge in [0, 0.05) is 18.7 Å². The van der Waals surface area contributed by atoms with Crippen LogP contribution in [0.4, 0.5) is 5.69 Å². The molecule has 0 heterocycles. The average Bonchev–Trinajstić information content (AvgIpc) is 2.39. The third-order valence-corrected chi connectivity index (χ3v) is 3.48. The lowest BCUT2D eigenvalue weighted by atomic mass is 10.1.